The number of aromatic nitrogens is 8. The minimum atomic E-state index is -1.52. The standard InChI is InChI=1S/C57H68N8O8.4ClH/c1-5-9-29-62-45-25-17-13-21-41(45)58-49(62)33-53(66)70-37-57(38-71-54(67)34-50-59-42-22-14-18-26-46(42)63(50)30-10-6-2,39-72-55(68)35-51-60-43-23-15-19-27-47(43)64(51)31-11-7-3)40-73-56(69)36-52-61-44-24-16-20-28-48(44)65(52)32-12-8-4;;;;/h13-28H,5-12,29-40H2,1-4H3;4*1H. The molecule has 0 atom stereocenters. The lowest BCUT2D eigenvalue weighted by atomic mass is 9.92. The molecule has 4 heterocycles. The van der Waals surface area contributed by atoms with Crippen molar-refractivity contribution in [3.8, 4) is 0 Å². The van der Waals surface area contributed by atoms with Crippen LogP contribution < -0.4 is 67.9 Å². The second-order valence-corrected chi connectivity index (χ2v) is 19.2. The minimum absolute atomic E-state index is 0. The van der Waals surface area contributed by atoms with Gasteiger partial charge in [0.2, 0.25) is 0 Å². The average molecular weight is 1140 g/mol. The largest absolute Gasteiger partial charge is 1.00 e. The monoisotopic (exact) mass is 1140 g/mol. The summed E-state index contributed by atoms with van der Waals surface area (Å²) in [5, 5.41) is 0. The molecule has 4 aromatic heterocycles. The number of nitrogens with one attached hydrogen (secondary N) is 4. The van der Waals surface area contributed by atoms with E-state index in [2.05, 4.69) is 65.9 Å². The minimum Gasteiger partial charge on any atom is -1.00 e. The van der Waals surface area contributed by atoms with E-state index in [1.165, 1.54) is 0 Å². The fraction of sp³-hybridized carbons (Fsp3) is 0.439. The number of hydrogen-bond donors (Lipinski definition) is 4. The first-order valence-electron chi connectivity index (χ1n) is 26.2. The number of ether oxygens (including phenoxy) is 4. The highest BCUT2D eigenvalue weighted by atomic mass is 35.5. The molecule has 0 aliphatic carbocycles. The van der Waals surface area contributed by atoms with Gasteiger partial charge in [0.15, 0.2) is 44.1 Å². The quantitative estimate of drug-likeness (QED) is 0.0215. The zero-order valence-electron chi connectivity index (χ0n) is 44.4. The van der Waals surface area contributed by atoms with Gasteiger partial charge in [-0.1, -0.05) is 102 Å². The molecule has 4 aromatic carbocycles. The number of carbonyl (C=O) groups excluding carboxylic acids is 4. The number of unbranched alkanes of at least 4 members (excludes halogenated alkanes) is 4. The number of rotatable bonds is 28. The lowest BCUT2D eigenvalue weighted by Crippen LogP contribution is -3.00. The van der Waals surface area contributed by atoms with Crippen molar-refractivity contribution in [2.75, 3.05) is 26.4 Å². The molecule has 0 saturated carbocycles. The molecule has 0 aliphatic heterocycles. The first-order chi connectivity index (χ1) is 35.6. The number of H-pyrrole nitrogens is 4. The zero-order valence-corrected chi connectivity index (χ0v) is 47.5. The van der Waals surface area contributed by atoms with Gasteiger partial charge in [0.05, 0.1) is 26.2 Å². The number of benzene rings is 4. The summed E-state index contributed by atoms with van der Waals surface area (Å²) in [4.78, 5) is 70.2. The molecule has 0 fully saturated rings. The second kappa shape index (κ2) is 30.7. The number of fused-ring (bicyclic) bond motifs is 4. The van der Waals surface area contributed by atoms with Crippen LogP contribution in [0.3, 0.4) is 0 Å². The van der Waals surface area contributed by atoms with Gasteiger partial charge in [-0.2, -0.15) is 0 Å². The smallest absolute Gasteiger partial charge is 0.318 e. The fourth-order valence-electron chi connectivity index (χ4n) is 9.51. The number of para-hydroxylation sites is 8. The summed E-state index contributed by atoms with van der Waals surface area (Å²) >= 11 is 0. The molecule has 0 aliphatic rings. The summed E-state index contributed by atoms with van der Waals surface area (Å²) in [6.45, 7) is 9.69. The fourth-order valence-corrected chi connectivity index (χ4v) is 9.51. The van der Waals surface area contributed by atoms with Crippen molar-refractivity contribution in [3.05, 3.63) is 120 Å². The lowest BCUT2D eigenvalue weighted by molar-refractivity contribution is -0.678. The van der Waals surface area contributed by atoms with Crippen LogP contribution in [0.2, 0.25) is 0 Å². The molecule has 20 heteroatoms. The van der Waals surface area contributed by atoms with Crippen LogP contribution in [0, 0.1) is 5.41 Å². The Morgan fingerprint density at radius 1 is 0.364 bits per heavy atom. The van der Waals surface area contributed by atoms with Crippen LogP contribution in [-0.2, 0) is 90.0 Å². The van der Waals surface area contributed by atoms with Crippen molar-refractivity contribution < 1.29 is 106 Å². The van der Waals surface area contributed by atoms with E-state index in [1.54, 1.807) is 0 Å². The van der Waals surface area contributed by atoms with Crippen LogP contribution in [-0.4, -0.2) is 70.2 Å². The molecule has 4 N–H and O–H groups in total. The lowest BCUT2D eigenvalue weighted by Gasteiger charge is -2.31. The van der Waals surface area contributed by atoms with Crippen LogP contribution >= 0.6 is 0 Å². The van der Waals surface area contributed by atoms with Crippen LogP contribution in [0.15, 0.2) is 97.1 Å². The summed E-state index contributed by atoms with van der Waals surface area (Å²) in [6.07, 6.45) is 7.11. The van der Waals surface area contributed by atoms with E-state index in [4.69, 9.17) is 18.9 Å². The number of aromatic amines is 4. The zero-order chi connectivity index (χ0) is 51.2. The Morgan fingerprint density at radius 3 is 0.779 bits per heavy atom. The number of nitrogens with zero attached hydrogens (tertiary/aromatic N) is 4. The summed E-state index contributed by atoms with van der Waals surface area (Å²) in [5.74, 6) is 0.441. The van der Waals surface area contributed by atoms with Gasteiger partial charge in [-0.15, -0.1) is 0 Å². The van der Waals surface area contributed by atoms with Crippen molar-refractivity contribution in [2.45, 2.75) is 131 Å². The van der Waals surface area contributed by atoms with Crippen molar-refractivity contribution in [2.24, 2.45) is 5.41 Å². The third-order valence-corrected chi connectivity index (χ3v) is 13.5. The van der Waals surface area contributed by atoms with Gasteiger partial charge < -0.3 is 68.6 Å². The molecule has 416 valence electrons. The van der Waals surface area contributed by atoms with E-state index in [0.29, 0.717) is 49.5 Å². The van der Waals surface area contributed by atoms with Crippen LogP contribution in [0.25, 0.3) is 44.1 Å². The molecular weight excluding hydrogens is 1070 g/mol. The van der Waals surface area contributed by atoms with Gasteiger partial charge in [-0.05, 0) is 74.2 Å². The first kappa shape index (κ1) is 63.3. The highest BCUT2D eigenvalue weighted by molar-refractivity contribution is 5.78. The van der Waals surface area contributed by atoms with Crippen LogP contribution in [0.1, 0.15) is 102 Å². The Kier molecular flexibility index (Phi) is 25.2. The Balaban J connectivity index is 0.00000320. The van der Waals surface area contributed by atoms with Crippen molar-refractivity contribution >= 4 is 68.0 Å². The third-order valence-electron chi connectivity index (χ3n) is 13.5. The number of hydrogen-bond acceptors (Lipinski definition) is 8. The Bertz CT molecular complexity index is 2760. The summed E-state index contributed by atoms with van der Waals surface area (Å²) in [7, 11) is 0. The molecule has 0 unspecified atom stereocenters. The predicted octanol–water partition coefficient (Wildman–Crippen LogP) is -4.59. The number of aryl methyl sites for hydroxylation is 4. The maximum atomic E-state index is 14.1. The molecule has 77 heavy (non-hydrogen) atoms. The molecule has 0 saturated heterocycles. The van der Waals surface area contributed by atoms with Gasteiger partial charge in [0, 0.05) is 0 Å². The average Bonchev–Trinajstić information content (AvgIpc) is 4.14. The van der Waals surface area contributed by atoms with Gasteiger partial charge in [-0.25, -0.2) is 38.2 Å². The van der Waals surface area contributed by atoms with Crippen molar-refractivity contribution in [1.82, 2.24) is 19.9 Å². The molecule has 0 amide bonds. The van der Waals surface area contributed by atoms with Gasteiger partial charge >= 0.3 is 23.9 Å². The molecule has 16 nitrogen and oxygen atoms in total. The first-order valence-corrected chi connectivity index (χ1v) is 26.2. The number of halogens is 4. The Hall–Kier alpha value is -6.20. The molecular formula is C57H72Cl4N8O8. The van der Waals surface area contributed by atoms with E-state index in [9.17, 15) is 19.2 Å². The second-order valence-electron chi connectivity index (χ2n) is 19.2. The van der Waals surface area contributed by atoms with Gasteiger partial charge in [0.1, 0.15) is 57.5 Å². The normalized spacial score (nSPS) is 11.2. The molecule has 0 spiro atoms. The van der Waals surface area contributed by atoms with Gasteiger partial charge in [-0.3, -0.25) is 19.2 Å². The maximum Gasteiger partial charge on any atom is 0.318 e. The third kappa shape index (κ3) is 16.0. The molecule has 0 bridgehead atoms. The van der Waals surface area contributed by atoms with Crippen LogP contribution in [0.4, 0.5) is 0 Å². The summed E-state index contributed by atoms with van der Waals surface area (Å²) in [5.41, 5.74) is 5.94. The summed E-state index contributed by atoms with van der Waals surface area (Å²) in [6, 6.07) is 31.6. The van der Waals surface area contributed by atoms with Crippen LogP contribution in [0.5, 0.6) is 0 Å². The van der Waals surface area contributed by atoms with E-state index in [0.717, 1.165) is 95.5 Å². The highest BCUT2D eigenvalue weighted by Gasteiger charge is 2.40. The SMILES string of the molecule is CCCC[n+]1c(CC(=O)OCC(COC(=O)Cc2[nH]c3ccccc3[n+]2CCCC)(COC(=O)Cc2[nH]c3ccccc3[n+]2CCCC)COC(=O)Cc2[nH]c3ccccc3[n+]2CCCC)[nH]c2ccccc21.[Cl-].[Cl-].[Cl-].[Cl-]. The van der Waals surface area contributed by atoms with Crippen molar-refractivity contribution in [1.29, 1.82) is 0 Å². The van der Waals surface area contributed by atoms with E-state index >= 15 is 0 Å². The van der Waals surface area contributed by atoms with E-state index in [1.807, 2.05) is 97.1 Å². The molecule has 0 radical (unpaired) electrons. The summed E-state index contributed by atoms with van der Waals surface area (Å²) < 4.78 is 33.0. The molecule has 8 aromatic rings. The topological polar surface area (TPSA) is 184 Å². The van der Waals surface area contributed by atoms with Crippen molar-refractivity contribution in [3.63, 3.8) is 0 Å². The predicted molar refractivity (Wildman–Crippen MR) is 275 cm³/mol. The highest BCUT2D eigenvalue weighted by Crippen LogP contribution is 2.24. The molecule has 8 rings (SSSR count). The number of imidazole rings is 4. The van der Waals surface area contributed by atoms with Gasteiger partial charge in [0.25, 0.3) is 23.3 Å². The Morgan fingerprint density at radius 2 is 0.571 bits per heavy atom. The Labute approximate surface area is 474 Å². The van der Waals surface area contributed by atoms with E-state index < -0.39 is 55.7 Å². The van der Waals surface area contributed by atoms with E-state index in [-0.39, 0.29) is 75.3 Å². The number of esters is 4. The maximum absolute atomic E-state index is 14.1. The number of carbonyl (C=O) groups is 4.